The van der Waals surface area contributed by atoms with Gasteiger partial charge in [-0.2, -0.15) is 0 Å². The van der Waals surface area contributed by atoms with Crippen molar-refractivity contribution < 1.29 is 14.7 Å². The summed E-state index contributed by atoms with van der Waals surface area (Å²) in [5, 5.41) is 11.3. The molecule has 1 heterocycles. The number of nitrogens with one attached hydrogen (secondary N) is 1. The smallest absolute Gasteiger partial charge is 0.303 e. The number of amides is 1. The van der Waals surface area contributed by atoms with E-state index in [1.165, 1.54) is 0 Å². The van der Waals surface area contributed by atoms with Gasteiger partial charge in [0.1, 0.15) is 0 Å². The lowest BCUT2D eigenvalue weighted by atomic mass is 9.85. The lowest BCUT2D eigenvalue weighted by molar-refractivity contribution is -0.138. The summed E-state index contributed by atoms with van der Waals surface area (Å²) in [6.45, 7) is 2.56. The third-order valence-corrected chi connectivity index (χ3v) is 2.60. The van der Waals surface area contributed by atoms with Gasteiger partial charge in [0.15, 0.2) is 0 Å². The fourth-order valence-corrected chi connectivity index (χ4v) is 1.68. The van der Waals surface area contributed by atoms with E-state index in [4.69, 9.17) is 5.11 Å². The van der Waals surface area contributed by atoms with Gasteiger partial charge in [-0.25, -0.2) is 0 Å². The van der Waals surface area contributed by atoms with E-state index in [0.717, 1.165) is 6.42 Å². The minimum atomic E-state index is -0.760. The Morgan fingerprint density at radius 1 is 1.77 bits per heavy atom. The first-order valence-corrected chi connectivity index (χ1v) is 4.58. The molecule has 4 heteroatoms. The average molecular weight is 185 g/mol. The first-order chi connectivity index (χ1) is 6.09. The summed E-state index contributed by atoms with van der Waals surface area (Å²) in [6, 6.07) is 0. The van der Waals surface area contributed by atoms with Crippen LogP contribution >= 0.6 is 0 Å². The molecule has 1 aliphatic heterocycles. The van der Waals surface area contributed by atoms with Crippen LogP contribution in [0.15, 0.2) is 0 Å². The third-order valence-electron chi connectivity index (χ3n) is 2.60. The number of hydrogen-bond donors (Lipinski definition) is 2. The van der Waals surface area contributed by atoms with E-state index < -0.39 is 5.97 Å². The Kier molecular flexibility index (Phi) is 3.28. The summed E-state index contributed by atoms with van der Waals surface area (Å²) in [5.41, 5.74) is 0. The van der Waals surface area contributed by atoms with Crippen LogP contribution in [0.1, 0.15) is 26.2 Å². The highest BCUT2D eigenvalue weighted by molar-refractivity contribution is 5.76. The molecule has 0 aromatic rings. The minimum Gasteiger partial charge on any atom is -0.481 e. The quantitative estimate of drug-likeness (QED) is 0.677. The Balaban J connectivity index is 2.35. The van der Waals surface area contributed by atoms with Gasteiger partial charge in [-0.3, -0.25) is 9.59 Å². The normalized spacial score (nSPS) is 25.0. The highest BCUT2D eigenvalue weighted by Crippen LogP contribution is 2.22. The lowest BCUT2D eigenvalue weighted by Gasteiger charge is -2.26. The molecule has 1 rings (SSSR count). The molecule has 2 atom stereocenters. The largest absolute Gasteiger partial charge is 0.481 e. The van der Waals surface area contributed by atoms with Gasteiger partial charge in [-0.05, 0) is 18.3 Å². The molecule has 0 aromatic heterocycles. The van der Waals surface area contributed by atoms with Crippen LogP contribution in [0.2, 0.25) is 0 Å². The zero-order valence-electron chi connectivity index (χ0n) is 7.75. The van der Waals surface area contributed by atoms with Crippen molar-refractivity contribution in [3.63, 3.8) is 0 Å². The van der Waals surface area contributed by atoms with Crippen LogP contribution in [0.5, 0.6) is 0 Å². The molecule has 1 aliphatic rings. The van der Waals surface area contributed by atoms with Crippen LogP contribution < -0.4 is 5.32 Å². The highest BCUT2D eigenvalue weighted by Gasteiger charge is 2.24. The number of carbonyl (C=O) groups excluding carboxylic acids is 1. The van der Waals surface area contributed by atoms with Gasteiger partial charge in [0.25, 0.3) is 0 Å². The number of rotatable bonds is 3. The number of piperidine rings is 1. The van der Waals surface area contributed by atoms with Crippen LogP contribution in [0.25, 0.3) is 0 Å². The number of carboxylic acid groups (broad SMARTS) is 1. The molecule has 2 N–H and O–H groups in total. The van der Waals surface area contributed by atoms with Gasteiger partial charge in [0.05, 0.1) is 0 Å². The standard InChI is InChI=1S/C9H15NO3/c1-6(4-9(12)13)7-2-3-8(11)10-5-7/h6-7H,2-5H2,1H3,(H,10,11)(H,12,13). The molecular weight excluding hydrogens is 170 g/mol. The van der Waals surface area contributed by atoms with Gasteiger partial charge in [-0.15, -0.1) is 0 Å². The zero-order chi connectivity index (χ0) is 9.84. The Hall–Kier alpha value is -1.06. The van der Waals surface area contributed by atoms with Crippen LogP contribution in [0.4, 0.5) is 0 Å². The lowest BCUT2D eigenvalue weighted by Crippen LogP contribution is -2.37. The Morgan fingerprint density at radius 2 is 2.46 bits per heavy atom. The molecule has 1 amide bonds. The van der Waals surface area contributed by atoms with E-state index in [2.05, 4.69) is 5.32 Å². The second-order valence-electron chi connectivity index (χ2n) is 3.68. The van der Waals surface area contributed by atoms with Crippen LogP contribution in [-0.4, -0.2) is 23.5 Å². The molecule has 74 valence electrons. The summed E-state index contributed by atoms with van der Waals surface area (Å²) in [7, 11) is 0. The van der Waals surface area contributed by atoms with Crippen molar-refractivity contribution in [3.8, 4) is 0 Å². The molecule has 1 saturated heterocycles. The van der Waals surface area contributed by atoms with Crippen molar-refractivity contribution in [2.24, 2.45) is 11.8 Å². The first kappa shape index (κ1) is 10.0. The topological polar surface area (TPSA) is 66.4 Å². The average Bonchev–Trinajstić information content (AvgIpc) is 2.04. The Morgan fingerprint density at radius 3 is 2.92 bits per heavy atom. The van der Waals surface area contributed by atoms with Crippen molar-refractivity contribution in [1.29, 1.82) is 0 Å². The molecule has 0 spiro atoms. The predicted molar refractivity (Wildman–Crippen MR) is 47.2 cm³/mol. The summed E-state index contributed by atoms with van der Waals surface area (Å²) in [4.78, 5) is 21.3. The molecular formula is C9H15NO3. The molecule has 0 aromatic carbocycles. The summed E-state index contributed by atoms with van der Waals surface area (Å²) in [5.74, 6) is -0.199. The maximum Gasteiger partial charge on any atom is 0.303 e. The SMILES string of the molecule is CC(CC(=O)O)C1CCC(=O)NC1. The minimum absolute atomic E-state index is 0.0822. The molecule has 0 saturated carbocycles. The molecule has 0 radical (unpaired) electrons. The molecule has 0 bridgehead atoms. The molecule has 0 aliphatic carbocycles. The van der Waals surface area contributed by atoms with Gasteiger partial charge in [-0.1, -0.05) is 6.92 Å². The van der Waals surface area contributed by atoms with E-state index in [1.807, 2.05) is 6.92 Å². The number of carbonyl (C=O) groups is 2. The summed E-state index contributed by atoms with van der Waals surface area (Å²) in [6.07, 6.45) is 1.55. The summed E-state index contributed by atoms with van der Waals surface area (Å²) < 4.78 is 0. The van der Waals surface area contributed by atoms with E-state index in [1.54, 1.807) is 0 Å². The van der Waals surface area contributed by atoms with Crippen LogP contribution in [-0.2, 0) is 9.59 Å². The van der Waals surface area contributed by atoms with Crippen molar-refractivity contribution in [2.75, 3.05) is 6.54 Å². The fourth-order valence-electron chi connectivity index (χ4n) is 1.68. The zero-order valence-corrected chi connectivity index (χ0v) is 7.75. The van der Waals surface area contributed by atoms with Gasteiger partial charge >= 0.3 is 5.97 Å². The van der Waals surface area contributed by atoms with Crippen molar-refractivity contribution in [3.05, 3.63) is 0 Å². The van der Waals surface area contributed by atoms with Gasteiger partial charge in [0, 0.05) is 19.4 Å². The van der Waals surface area contributed by atoms with Gasteiger partial charge in [0.2, 0.25) is 5.91 Å². The maximum absolute atomic E-state index is 10.8. The first-order valence-electron chi connectivity index (χ1n) is 4.58. The maximum atomic E-state index is 10.8. The molecule has 2 unspecified atom stereocenters. The third kappa shape index (κ3) is 3.05. The van der Waals surface area contributed by atoms with Crippen molar-refractivity contribution >= 4 is 11.9 Å². The van der Waals surface area contributed by atoms with Crippen LogP contribution in [0, 0.1) is 11.8 Å². The molecule has 4 nitrogen and oxygen atoms in total. The van der Waals surface area contributed by atoms with E-state index in [-0.39, 0.29) is 18.2 Å². The highest BCUT2D eigenvalue weighted by atomic mass is 16.4. The monoisotopic (exact) mass is 185 g/mol. The fraction of sp³-hybridized carbons (Fsp3) is 0.778. The summed E-state index contributed by atoms with van der Waals surface area (Å²) >= 11 is 0. The Labute approximate surface area is 77.3 Å². The number of hydrogen-bond acceptors (Lipinski definition) is 2. The molecule has 1 fully saturated rings. The number of carboxylic acids is 1. The van der Waals surface area contributed by atoms with Crippen LogP contribution in [0.3, 0.4) is 0 Å². The van der Waals surface area contributed by atoms with E-state index in [9.17, 15) is 9.59 Å². The van der Waals surface area contributed by atoms with Gasteiger partial charge < -0.3 is 10.4 Å². The van der Waals surface area contributed by atoms with E-state index in [0.29, 0.717) is 18.9 Å². The second-order valence-corrected chi connectivity index (χ2v) is 3.68. The van der Waals surface area contributed by atoms with E-state index >= 15 is 0 Å². The predicted octanol–water partition coefficient (Wildman–Crippen LogP) is 0.623. The van der Waals surface area contributed by atoms with Crippen molar-refractivity contribution in [2.45, 2.75) is 26.2 Å². The molecule has 13 heavy (non-hydrogen) atoms. The Bertz CT molecular complexity index is 205. The van der Waals surface area contributed by atoms with Crippen molar-refractivity contribution in [1.82, 2.24) is 5.32 Å². The second kappa shape index (κ2) is 4.25. The number of aliphatic carboxylic acids is 1.